The zero-order valence-corrected chi connectivity index (χ0v) is 13.9. The van der Waals surface area contributed by atoms with Crippen molar-refractivity contribution in [1.29, 1.82) is 0 Å². The highest BCUT2D eigenvalue weighted by atomic mass is 127. The van der Waals surface area contributed by atoms with E-state index < -0.39 is 18.3 Å². The zero-order valence-electron chi connectivity index (χ0n) is 11.8. The highest BCUT2D eigenvalue weighted by Gasteiger charge is 2.14. The van der Waals surface area contributed by atoms with E-state index in [1.54, 1.807) is 0 Å². The standard InChI is InChI=1S/C15H11F3INO3/c1-22-12-5-3-9(7-13(12)23-15(17)18)20-14(21)10-4-2-8(16)6-11(10)19/h2-7,15H,1H3,(H,20,21). The summed E-state index contributed by atoms with van der Waals surface area (Å²) in [5.41, 5.74) is 0.505. The maximum atomic E-state index is 13.1. The molecule has 0 fully saturated rings. The van der Waals surface area contributed by atoms with Gasteiger partial charge in [-0.2, -0.15) is 8.78 Å². The van der Waals surface area contributed by atoms with E-state index in [9.17, 15) is 18.0 Å². The smallest absolute Gasteiger partial charge is 0.387 e. The number of nitrogens with one attached hydrogen (secondary N) is 1. The number of amides is 1. The van der Waals surface area contributed by atoms with Crippen LogP contribution in [0.3, 0.4) is 0 Å². The van der Waals surface area contributed by atoms with Gasteiger partial charge in [-0.1, -0.05) is 0 Å². The largest absolute Gasteiger partial charge is 0.493 e. The number of rotatable bonds is 5. The summed E-state index contributed by atoms with van der Waals surface area (Å²) in [7, 11) is 1.31. The Kier molecular flexibility index (Phi) is 5.69. The van der Waals surface area contributed by atoms with E-state index in [0.29, 0.717) is 3.57 Å². The van der Waals surface area contributed by atoms with E-state index in [2.05, 4.69) is 10.1 Å². The van der Waals surface area contributed by atoms with Crippen LogP contribution in [0.5, 0.6) is 11.5 Å². The molecule has 0 saturated heterocycles. The summed E-state index contributed by atoms with van der Waals surface area (Å²) in [5.74, 6) is -1.04. The monoisotopic (exact) mass is 437 g/mol. The van der Waals surface area contributed by atoms with Gasteiger partial charge in [0.25, 0.3) is 5.91 Å². The van der Waals surface area contributed by atoms with Crippen LogP contribution in [-0.2, 0) is 0 Å². The van der Waals surface area contributed by atoms with Crippen LogP contribution in [0.2, 0.25) is 0 Å². The first kappa shape index (κ1) is 17.4. The Hall–Kier alpha value is -1.97. The molecule has 1 amide bonds. The summed E-state index contributed by atoms with van der Waals surface area (Å²) >= 11 is 1.83. The molecular formula is C15H11F3INO3. The lowest BCUT2D eigenvalue weighted by molar-refractivity contribution is -0.0511. The summed E-state index contributed by atoms with van der Waals surface area (Å²) in [5, 5.41) is 2.54. The van der Waals surface area contributed by atoms with Gasteiger partial charge in [-0.15, -0.1) is 0 Å². The second-order valence-corrected chi connectivity index (χ2v) is 5.48. The Balaban J connectivity index is 2.23. The molecule has 122 valence electrons. The molecular weight excluding hydrogens is 426 g/mol. The second kappa shape index (κ2) is 7.53. The van der Waals surface area contributed by atoms with E-state index >= 15 is 0 Å². The lowest BCUT2D eigenvalue weighted by atomic mass is 10.2. The topological polar surface area (TPSA) is 47.6 Å². The molecule has 2 rings (SSSR count). The normalized spacial score (nSPS) is 10.5. The van der Waals surface area contributed by atoms with Gasteiger partial charge in [0.1, 0.15) is 5.82 Å². The summed E-state index contributed by atoms with van der Waals surface area (Å²) in [6.07, 6.45) is 0. The molecule has 23 heavy (non-hydrogen) atoms. The Bertz CT molecular complexity index is 725. The molecule has 1 N–H and O–H groups in total. The first-order chi connectivity index (χ1) is 10.9. The van der Waals surface area contributed by atoms with E-state index in [1.807, 2.05) is 22.6 Å². The molecule has 0 radical (unpaired) electrons. The van der Waals surface area contributed by atoms with Crippen molar-refractivity contribution in [2.45, 2.75) is 6.61 Å². The molecule has 4 nitrogen and oxygen atoms in total. The van der Waals surface area contributed by atoms with Crippen molar-refractivity contribution in [1.82, 2.24) is 0 Å². The van der Waals surface area contributed by atoms with Crippen molar-refractivity contribution in [3.05, 3.63) is 51.3 Å². The van der Waals surface area contributed by atoms with Crippen LogP contribution in [0, 0.1) is 9.39 Å². The molecule has 0 spiro atoms. The van der Waals surface area contributed by atoms with Gasteiger partial charge >= 0.3 is 6.61 Å². The third-order valence-corrected chi connectivity index (χ3v) is 3.71. The lowest BCUT2D eigenvalue weighted by Gasteiger charge is -2.12. The maximum absolute atomic E-state index is 13.1. The number of benzene rings is 2. The fourth-order valence-electron chi connectivity index (χ4n) is 1.81. The van der Waals surface area contributed by atoms with Crippen LogP contribution < -0.4 is 14.8 Å². The molecule has 0 aliphatic rings. The molecule has 2 aromatic rings. The van der Waals surface area contributed by atoms with Gasteiger partial charge in [0.2, 0.25) is 0 Å². The van der Waals surface area contributed by atoms with Crippen LogP contribution >= 0.6 is 22.6 Å². The minimum atomic E-state index is -3.02. The third kappa shape index (κ3) is 4.50. The maximum Gasteiger partial charge on any atom is 0.387 e. The number of carbonyl (C=O) groups is 1. The Morgan fingerprint density at radius 1 is 1.17 bits per heavy atom. The van der Waals surface area contributed by atoms with Gasteiger partial charge < -0.3 is 14.8 Å². The minimum Gasteiger partial charge on any atom is -0.493 e. The molecule has 8 heteroatoms. The zero-order chi connectivity index (χ0) is 17.0. The Labute approximate surface area is 143 Å². The first-order valence-corrected chi connectivity index (χ1v) is 7.38. The lowest BCUT2D eigenvalue weighted by Crippen LogP contribution is -2.14. The van der Waals surface area contributed by atoms with Gasteiger partial charge in [0.05, 0.1) is 12.7 Å². The number of carbonyl (C=O) groups excluding carboxylic acids is 1. The highest BCUT2D eigenvalue weighted by molar-refractivity contribution is 14.1. The summed E-state index contributed by atoms with van der Waals surface area (Å²) in [4.78, 5) is 12.2. The average Bonchev–Trinajstić information content (AvgIpc) is 2.46. The van der Waals surface area contributed by atoms with Gasteiger partial charge in [-0.25, -0.2) is 4.39 Å². The van der Waals surface area contributed by atoms with Gasteiger partial charge in [-0.05, 0) is 52.9 Å². The number of alkyl halides is 2. The molecule has 0 heterocycles. The molecule has 0 atom stereocenters. The average molecular weight is 437 g/mol. The molecule has 0 bridgehead atoms. The van der Waals surface area contributed by atoms with Crippen LogP contribution in [0.4, 0.5) is 18.9 Å². The number of ether oxygens (including phenoxy) is 2. The van der Waals surface area contributed by atoms with E-state index in [4.69, 9.17) is 4.74 Å². The Morgan fingerprint density at radius 2 is 1.91 bits per heavy atom. The number of anilines is 1. The minimum absolute atomic E-state index is 0.111. The number of methoxy groups -OCH3 is 1. The highest BCUT2D eigenvalue weighted by Crippen LogP contribution is 2.31. The molecule has 2 aromatic carbocycles. The van der Waals surface area contributed by atoms with Crippen LogP contribution in [0.25, 0.3) is 0 Å². The van der Waals surface area contributed by atoms with Crippen LogP contribution in [0.15, 0.2) is 36.4 Å². The first-order valence-electron chi connectivity index (χ1n) is 6.30. The van der Waals surface area contributed by atoms with Gasteiger partial charge in [-0.3, -0.25) is 4.79 Å². The van der Waals surface area contributed by atoms with Crippen molar-refractivity contribution >= 4 is 34.2 Å². The SMILES string of the molecule is COc1ccc(NC(=O)c2ccc(F)cc2I)cc1OC(F)F. The predicted octanol–water partition coefficient (Wildman–Crippen LogP) is 4.29. The van der Waals surface area contributed by atoms with E-state index in [1.165, 1.54) is 37.4 Å². The molecule has 0 saturated carbocycles. The summed E-state index contributed by atoms with van der Waals surface area (Å²) in [6, 6.07) is 7.81. The van der Waals surface area contributed by atoms with E-state index in [-0.39, 0.29) is 22.7 Å². The number of hydrogen-bond acceptors (Lipinski definition) is 3. The van der Waals surface area contributed by atoms with Crippen molar-refractivity contribution in [3.8, 4) is 11.5 Å². The second-order valence-electron chi connectivity index (χ2n) is 4.32. The molecule has 0 aromatic heterocycles. The van der Waals surface area contributed by atoms with Crippen molar-refractivity contribution < 1.29 is 27.4 Å². The molecule has 0 unspecified atom stereocenters. The predicted molar refractivity (Wildman–Crippen MR) is 86.7 cm³/mol. The van der Waals surface area contributed by atoms with Gasteiger partial charge in [0, 0.05) is 15.3 Å². The summed E-state index contributed by atoms with van der Waals surface area (Å²) < 4.78 is 47.5. The van der Waals surface area contributed by atoms with Crippen LogP contribution in [0.1, 0.15) is 10.4 Å². The van der Waals surface area contributed by atoms with Gasteiger partial charge in [0.15, 0.2) is 11.5 Å². The fourth-order valence-corrected chi connectivity index (χ4v) is 2.54. The number of halogens is 4. The van der Waals surface area contributed by atoms with Crippen molar-refractivity contribution in [2.75, 3.05) is 12.4 Å². The summed E-state index contributed by atoms with van der Waals surface area (Å²) in [6.45, 7) is -3.02. The molecule has 0 aliphatic carbocycles. The van der Waals surface area contributed by atoms with Crippen molar-refractivity contribution in [3.63, 3.8) is 0 Å². The van der Waals surface area contributed by atoms with Crippen molar-refractivity contribution in [2.24, 2.45) is 0 Å². The Morgan fingerprint density at radius 3 is 2.52 bits per heavy atom. The van der Waals surface area contributed by atoms with Crippen LogP contribution in [-0.4, -0.2) is 19.6 Å². The van der Waals surface area contributed by atoms with E-state index in [0.717, 1.165) is 6.07 Å². The quantitative estimate of drug-likeness (QED) is 0.711. The molecule has 0 aliphatic heterocycles. The fraction of sp³-hybridized carbons (Fsp3) is 0.133. The number of hydrogen-bond donors (Lipinski definition) is 1. The third-order valence-electron chi connectivity index (χ3n) is 2.81.